The van der Waals surface area contributed by atoms with Gasteiger partial charge in [0.1, 0.15) is 12.1 Å². The number of nitrogens with one attached hydrogen (secondary N) is 3. The molecule has 0 radical (unpaired) electrons. The summed E-state index contributed by atoms with van der Waals surface area (Å²) in [4.78, 5) is 70.4. The summed E-state index contributed by atoms with van der Waals surface area (Å²) >= 11 is 12.5. The van der Waals surface area contributed by atoms with Crippen molar-refractivity contribution in [2.24, 2.45) is 5.41 Å². The third-order valence-electron chi connectivity index (χ3n) is 14.1. The summed E-state index contributed by atoms with van der Waals surface area (Å²) in [5.74, 6) is 0.121. The maximum atomic E-state index is 13.1. The van der Waals surface area contributed by atoms with Gasteiger partial charge in [-0.15, -0.1) is 0 Å². The third-order valence-corrected chi connectivity index (χ3v) is 14.7. The van der Waals surface area contributed by atoms with Crippen LogP contribution >= 0.6 is 23.2 Å². The van der Waals surface area contributed by atoms with E-state index in [1.807, 2.05) is 17.0 Å². The zero-order valence-electron chi connectivity index (χ0n) is 35.3. The number of aromatic nitrogens is 4. The topological polar surface area (TPSA) is 167 Å². The van der Waals surface area contributed by atoms with E-state index in [0.717, 1.165) is 81.8 Å². The lowest BCUT2D eigenvalue weighted by Gasteiger charge is -2.56. The highest BCUT2D eigenvalue weighted by Crippen LogP contribution is 2.51. The van der Waals surface area contributed by atoms with Crippen LogP contribution in [0.25, 0.3) is 11.2 Å². The van der Waals surface area contributed by atoms with Crippen molar-refractivity contribution in [2.75, 3.05) is 56.1 Å². The van der Waals surface area contributed by atoms with Crippen molar-refractivity contribution in [3.63, 3.8) is 0 Å². The Bertz CT molecular complexity index is 2540. The van der Waals surface area contributed by atoms with Crippen LogP contribution in [0.3, 0.4) is 0 Å². The molecule has 1 unspecified atom stereocenters. The fourth-order valence-electron chi connectivity index (χ4n) is 10.2. The number of carbonyl (C=O) groups is 4. The number of nitrogens with zero attached hydrogens (tertiary/aromatic N) is 7. The molecule has 0 bridgehead atoms. The van der Waals surface area contributed by atoms with Gasteiger partial charge < -0.3 is 29.7 Å². The molecule has 5 fully saturated rings. The Kier molecular flexibility index (Phi) is 11.6. The number of piperazine rings is 1. The molecule has 2 aromatic heterocycles. The molecule has 1 atom stereocenters. The fourth-order valence-corrected chi connectivity index (χ4v) is 10.8. The molecule has 64 heavy (non-hydrogen) atoms. The largest absolute Gasteiger partial charge is 0.484 e. The van der Waals surface area contributed by atoms with Crippen molar-refractivity contribution in [1.29, 1.82) is 0 Å². The molecule has 2 saturated carbocycles. The van der Waals surface area contributed by atoms with Crippen LogP contribution in [0.5, 0.6) is 5.75 Å². The maximum absolute atomic E-state index is 13.1. The zero-order valence-corrected chi connectivity index (χ0v) is 36.9. The number of ether oxygens (including phenoxy) is 1. The number of piperidine rings is 2. The van der Waals surface area contributed by atoms with Gasteiger partial charge in [0.15, 0.2) is 23.6 Å². The van der Waals surface area contributed by atoms with Crippen molar-refractivity contribution in [2.45, 2.75) is 75.4 Å². The number of carbonyl (C=O) groups excluding carboxylic acids is 4. The first-order chi connectivity index (χ1) is 31.1. The van der Waals surface area contributed by atoms with E-state index < -0.39 is 0 Å². The summed E-state index contributed by atoms with van der Waals surface area (Å²) < 4.78 is 7.89. The number of anilines is 3. The van der Waals surface area contributed by atoms with Crippen LogP contribution < -0.4 is 25.6 Å². The van der Waals surface area contributed by atoms with Gasteiger partial charge in [-0.25, -0.2) is 15.0 Å². The Labute approximate surface area is 380 Å². The van der Waals surface area contributed by atoms with E-state index in [1.165, 1.54) is 18.5 Å². The Morgan fingerprint density at radius 1 is 0.844 bits per heavy atom. The molecule has 3 aliphatic heterocycles. The normalized spacial score (nSPS) is 22.4. The second-order valence-corrected chi connectivity index (χ2v) is 18.8. The SMILES string of the molecule is O=C1CCC(c2ccc(OCC(=O)N3CCC4(CC3)CC(N3CCN(c5ccc(Nc6ncnc7c6ncn7C6CC(NC(=O)c7c(Cl)cccc7Cl)C6)cc5)CC3)C4)cc2)C(=O)N1. The van der Waals surface area contributed by atoms with Crippen molar-refractivity contribution in [3.8, 4) is 5.75 Å². The predicted octanol–water partition coefficient (Wildman–Crippen LogP) is 6.50. The third kappa shape index (κ3) is 8.60. The van der Waals surface area contributed by atoms with Gasteiger partial charge in [-0.2, -0.15) is 0 Å². The van der Waals surface area contributed by atoms with E-state index >= 15 is 0 Å². The highest BCUT2D eigenvalue weighted by molar-refractivity contribution is 6.39. The lowest BCUT2D eigenvalue weighted by molar-refractivity contribution is -0.138. The van der Waals surface area contributed by atoms with E-state index in [9.17, 15) is 19.2 Å². The van der Waals surface area contributed by atoms with Crippen LogP contribution in [0.2, 0.25) is 10.0 Å². The Hall–Kier alpha value is -5.77. The van der Waals surface area contributed by atoms with Crippen LogP contribution in [0.4, 0.5) is 17.2 Å². The quantitative estimate of drug-likeness (QED) is 0.124. The van der Waals surface area contributed by atoms with E-state index in [0.29, 0.717) is 57.0 Å². The molecular formula is C47H50Cl2N10O5. The van der Waals surface area contributed by atoms with Crippen LogP contribution in [0, 0.1) is 5.41 Å². The second-order valence-electron chi connectivity index (χ2n) is 17.9. The first-order valence-electron chi connectivity index (χ1n) is 22.2. The molecule has 1 spiro atoms. The van der Waals surface area contributed by atoms with E-state index in [2.05, 4.69) is 69.5 Å². The van der Waals surface area contributed by atoms with Gasteiger partial charge in [-0.05, 0) is 104 Å². The molecule has 4 amide bonds. The molecule has 5 heterocycles. The summed E-state index contributed by atoms with van der Waals surface area (Å²) in [6.45, 7) is 5.53. The van der Waals surface area contributed by atoms with Gasteiger partial charge in [0.05, 0.1) is 27.9 Å². The molecule has 332 valence electrons. The van der Waals surface area contributed by atoms with Crippen LogP contribution in [0.1, 0.15) is 79.2 Å². The highest BCUT2D eigenvalue weighted by atomic mass is 35.5. The molecule has 3 aromatic carbocycles. The minimum atomic E-state index is -0.343. The Morgan fingerprint density at radius 2 is 1.56 bits per heavy atom. The van der Waals surface area contributed by atoms with Gasteiger partial charge in [0, 0.05) is 75.2 Å². The fraction of sp³-hybridized carbons (Fsp3) is 0.426. The monoisotopic (exact) mass is 904 g/mol. The van der Waals surface area contributed by atoms with Crippen molar-refractivity contribution in [3.05, 3.63) is 101 Å². The standard InChI is InChI=1S/C47H50Cl2N10O5/c48-37-2-1-3-38(49)41(37)46(63)54-31-22-33(23-31)59-28-52-42-43(50-27-51-44(42)59)53-30-6-8-32(9-7-30)56-18-20-57(21-19-56)34-24-47(25-34)14-16-58(17-15-47)40(61)26-64-35-10-4-29(5-11-35)36-12-13-39(60)55-45(36)62/h1-11,27-28,31,33-34,36H,12-26H2,(H,54,63)(H,50,51,53)(H,55,60,62). The molecule has 2 aliphatic carbocycles. The lowest BCUT2D eigenvalue weighted by Crippen LogP contribution is -2.59. The molecule has 10 rings (SSSR count). The van der Waals surface area contributed by atoms with Crippen LogP contribution in [0.15, 0.2) is 79.4 Å². The van der Waals surface area contributed by atoms with Gasteiger partial charge in [-0.1, -0.05) is 41.4 Å². The highest BCUT2D eigenvalue weighted by Gasteiger charge is 2.48. The van der Waals surface area contributed by atoms with Crippen LogP contribution in [-0.4, -0.2) is 111 Å². The van der Waals surface area contributed by atoms with Gasteiger partial charge >= 0.3 is 0 Å². The molecule has 17 heteroatoms. The van der Waals surface area contributed by atoms with Gasteiger partial charge in [-0.3, -0.25) is 29.4 Å². The number of hydrogen-bond donors (Lipinski definition) is 3. The minimum Gasteiger partial charge on any atom is -0.484 e. The average molecular weight is 906 g/mol. The molecule has 5 aliphatic rings. The molecule has 3 saturated heterocycles. The number of amides is 4. The van der Waals surface area contributed by atoms with E-state index in [4.69, 9.17) is 27.9 Å². The van der Waals surface area contributed by atoms with Gasteiger partial charge in [0.25, 0.3) is 11.8 Å². The first-order valence-corrected chi connectivity index (χ1v) is 23.0. The molecule has 3 N–H and O–H groups in total. The van der Waals surface area contributed by atoms with E-state index in [-0.39, 0.29) is 48.2 Å². The summed E-state index contributed by atoms with van der Waals surface area (Å²) in [5.41, 5.74) is 5.01. The Morgan fingerprint density at radius 3 is 2.27 bits per heavy atom. The smallest absolute Gasteiger partial charge is 0.260 e. The van der Waals surface area contributed by atoms with Crippen LogP contribution in [-0.2, 0) is 14.4 Å². The number of imidazole rings is 1. The molecule has 15 nitrogen and oxygen atoms in total. The number of likely N-dealkylation sites (tertiary alicyclic amines) is 1. The number of hydrogen-bond acceptors (Lipinski definition) is 11. The Balaban J connectivity index is 0.647. The lowest BCUT2D eigenvalue weighted by atomic mass is 9.60. The minimum absolute atomic E-state index is 0.00401. The number of imide groups is 1. The van der Waals surface area contributed by atoms with Crippen molar-refractivity contribution in [1.82, 2.24) is 40.0 Å². The summed E-state index contributed by atoms with van der Waals surface area (Å²) in [7, 11) is 0. The van der Waals surface area contributed by atoms with Crippen molar-refractivity contribution >= 4 is 75.2 Å². The number of benzene rings is 3. The molecule has 5 aromatic rings. The molecular weight excluding hydrogens is 855 g/mol. The first kappa shape index (κ1) is 42.2. The number of rotatable bonds is 11. The number of halogens is 2. The average Bonchev–Trinajstić information content (AvgIpc) is 3.71. The summed E-state index contributed by atoms with van der Waals surface area (Å²) in [6.07, 6.45) is 10.1. The van der Waals surface area contributed by atoms with E-state index in [1.54, 1.807) is 43.0 Å². The number of fused-ring (bicyclic) bond motifs is 1. The summed E-state index contributed by atoms with van der Waals surface area (Å²) in [6, 6.07) is 21.5. The van der Waals surface area contributed by atoms with Gasteiger partial charge in [0.2, 0.25) is 11.8 Å². The van der Waals surface area contributed by atoms with Crippen molar-refractivity contribution < 1.29 is 23.9 Å². The summed E-state index contributed by atoms with van der Waals surface area (Å²) in [5, 5.41) is 9.56. The maximum Gasteiger partial charge on any atom is 0.260 e. The predicted molar refractivity (Wildman–Crippen MR) is 243 cm³/mol. The second kappa shape index (κ2) is 17.7. The zero-order chi connectivity index (χ0) is 44.0.